The molecule has 1 fully saturated rings. The van der Waals surface area contributed by atoms with Gasteiger partial charge in [-0.3, -0.25) is 9.59 Å². The van der Waals surface area contributed by atoms with Crippen LogP contribution in [-0.2, 0) is 4.79 Å². The maximum atomic E-state index is 12.0. The van der Waals surface area contributed by atoms with Crippen molar-refractivity contribution in [3.05, 3.63) is 11.7 Å². The van der Waals surface area contributed by atoms with Gasteiger partial charge in [0.2, 0.25) is 5.89 Å². The van der Waals surface area contributed by atoms with E-state index in [1.165, 1.54) is 0 Å². The van der Waals surface area contributed by atoms with E-state index in [-0.39, 0.29) is 11.7 Å². The van der Waals surface area contributed by atoms with Gasteiger partial charge in [0.25, 0.3) is 11.7 Å². The fourth-order valence-corrected chi connectivity index (χ4v) is 1.94. The average molecular weight is 253 g/mol. The van der Waals surface area contributed by atoms with Crippen LogP contribution in [0, 0.1) is 12.3 Å². The Kier molecular flexibility index (Phi) is 3.06. The molecule has 0 bridgehead atoms. The molecule has 0 saturated carbocycles. The van der Waals surface area contributed by atoms with Gasteiger partial charge in [-0.25, -0.2) is 0 Å². The molecule has 18 heavy (non-hydrogen) atoms. The maximum Gasteiger partial charge on any atom is 0.309 e. The highest BCUT2D eigenvalue weighted by molar-refractivity contribution is 5.90. The number of amides is 1. The van der Waals surface area contributed by atoms with Gasteiger partial charge in [0.05, 0.1) is 5.41 Å². The molecule has 1 aromatic heterocycles. The van der Waals surface area contributed by atoms with Crippen LogP contribution in [0.25, 0.3) is 0 Å². The third-order valence-electron chi connectivity index (χ3n) is 3.39. The first-order valence-electron chi connectivity index (χ1n) is 5.75. The summed E-state index contributed by atoms with van der Waals surface area (Å²) in [7, 11) is 0. The zero-order chi connectivity index (χ0) is 13.3. The third-order valence-corrected chi connectivity index (χ3v) is 3.39. The van der Waals surface area contributed by atoms with Gasteiger partial charge in [-0.1, -0.05) is 5.16 Å². The van der Waals surface area contributed by atoms with Crippen molar-refractivity contribution in [3.63, 3.8) is 0 Å². The van der Waals surface area contributed by atoms with Gasteiger partial charge in [0.1, 0.15) is 0 Å². The number of aliphatic carboxylic acids is 1. The van der Waals surface area contributed by atoms with Gasteiger partial charge in [-0.2, -0.15) is 4.98 Å². The van der Waals surface area contributed by atoms with Gasteiger partial charge < -0.3 is 14.5 Å². The molecule has 98 valence electrons. The summed E-state index contributed by atoms with van der Waals surface area (Å²) >= 11 is 0. The van der Waals surface area contributed by atoms with Crippen LogP contribution in [0.1, 0.15) is 36.3 Å². The molecule has 0 aliphatic carbocycles. The fourth-order valence-electron chi connectivity index (χ4n) is 1.94. The molecule has 0 radical (unpaired) electrons. The highest BCUT2D eigenvalue weighted by Crippen LogP contribution is 2.31. The molecule has 7 nitrogen and oxygen atoms in total. The van der Waals surface area contributed by atoms with E-state index in [0.717, 1.165) is 0 Å². The highest BCUT2D eigenvalue weighted by Gasteiger charge is 2.38. The maximum absolute atomic E-state index is 12.0. The number of aromatic nitrogens is 2. The zero-order valence-electron chi connectivity index (χ0n) is 10.3. The zero-order valence-corrected chi connectivity index (χ0v) is 10.3. The lowest BCUT2D eigenvalue weighted by molar-refractivity contribution is -0.150. The van der Waals surface area contributed by atoms with E-state index in [9.17, 15) is 9.59 Å². The predicted molar refractivity (Wildman–Crippen MR) is 59.9 cm³/mol. The van der Waals surface area contributed by atoms with Crippen LogP contribution >= 0.6 is 0 Å². The minimum absolute atomic E-state index is 0.0337. The predicted octanol–water partition coefficient (Wildman–Crippen LogP) is 0.705. The van der Waals surface area contributed by atoms with Crippen LogP contribution < -0.4 is 0 Å². The molecule has 1 aliphatic heterocycles. The van der Waals surface area contributed by atoms with Gasteiger partial charge in [-0.15, -0.1) is 0 Å². The number of rotatable bonds is 2. The molecule has 0 atom stereocenters. The summed E-state index contributed by atoms with van der Waals surface area (Å²) in [4.78, 5) is 28.5. The summed E-state index contributed by atoms with van der Waals surface area (Å²) in [6, 6.07) is 0. The molecule has 0 aromatic carbocycles. The number of carboxylic acid groups (broad SMARTS) is 1. The molecule has 2 heterocycles. The monoisotopic (exact) mass is 253 g/mol. The summed E-state index contributed by atoms with van der Waals surface area (Å²) in [5, 5.41) is 12.7. The number of carboxylic acids is 1. The summed E-state index contributed by atoms with van der Waals surface area (Å²) in [5.74, 6) is -0.749. The van der Waals surface area contributed by atoms with Gasteiger partial charge in [0.15, 0.2) is 0 Å². The number of aryl methyl sites for hydroxylation is 1. The Bertz CT molecular complexity index is 474. The first-order chi connectivity index (χ1) is 8.42. The number of hydrogen-bond donors (Lipinski definition) is 1. The van der Waals surface area contributed by atoms with Crippen molar-refractivity contribution in [1.82, 2.24) is 15.0 Å². The van der Waals surface area contributed by atoms with Crippen molar-refractivity contribution in [3.8, 4) is 0 Å². The molecule has 0 spiro atoms. The number of carbonyl (C=O) groups is 2. The van der Waals surface area contributed by atoms with Crippen molar-refractivity contribution >= 4 is 11.9 Å². The van der Waals surface area contributed by atoms with Crippen LogP contribution in [0.3, 0.4) is 0 Å². The van der Waals surface area contributed by atoms with Crippen molar-refractivity contribution in [2.24, 2.45) is 5.41 Å². The normalized spacial score (nSPS) is 18.7. The Morgan fingerprint density at radius 1 is 1.39 bits per heavy atom. The van der Waals surface area contributed by atoms with Crippen molar-refractivity contribution < 1.29 is 19.2 Å². The van der Waals surface area contributed by atoms with E-state index in [1.807, 2.05) is 0 Å². The van der Waals surface area contributed by atoms with Gasteiger partial charge in [-0.05, 0) is 19.8 Å². The number of carbonyl (C=O) groups excluding carboxylic acids is 1. The Morgan fingerprint density at radius 3 is 2.44 bits per heavy atom. The fraction of sp³-hybridized carbons (Fsp3) is 0.636. The average Bonchev–Trinajstić information content (AvgIpc) is 2.76. The molecule has 0 unspecified atom stereocenters. The number of piperidine rings is 1. The lowest BCUT2D eigenvalue weighted by Crippen LogP contribution is -2.45. The second-order valence-electron chi connectivity index (χ2n) is 4.80. The van der Waals surface area contributed by atoms with Crippen LogP contribution in [0.4, 0.5) is 0 Å². The number of nitrogens with zero attached hydrogens (tertiary/aromatic N) is 3. The Hall–Kier alpha value is -1.92. The minimum Gasteiger partial charge on any atom is -0.481 e. The smallest absolute Gasteiger partial charge is 0.309 e. The molecular weight excluding hydrogens is 238 g/mol. The molecule has 7 heteroatoms. The molecule has 2 rings (SSSR count). The van der Waals surface area contributed by atoms with Crippen LogP contribution in [0.15, 0.2) is 4.52 Å². The Balaban J connectivity index is 2.02. The van der Waals surface area contributed by atoms with E-state index in [2.05, 4.69) is 10.1 Å². The van der Waals surface area contributed by atoms with Crippen LogP contribution in [-0.4, -0.2) is 45.1 Å². The second-order valence-corrected chi connectivity index (χ2v) is 4.80. The Morgan fingerprint density at radius 2 is 2.00 bits per heavy atom. The highest BCUT2D eigenvalue weighted by atomic mass is 16.5. The Labute approximate surface area is 104 Å². The first-order valence-corrected chi connectivity index (χ1v) is 5.75. The van der Waals surface area contributed by atoms with E-state index in [1.54, 1.807) is 18.7 Å². The lowest BCUT2D eigenvalue weighted by Gasteiger charge is -2.35. The SMILES string of the molecule is Cc1nc(C(=O)N2CCC(C)(C(=O)O)CC2)no1. The van der Waals surface area contributed by atoms with Crippen LogP contribution in [0.2, 0.25) is 0 Å². The topological polar surface area (TPSA) is 96.5 Å². The van der Waals surface area contributed by atoms with E-state index in [4.69, 9.17) is 9.63 Å². The van der Waals surface area contributed by atoms with Gasteiger partial charge in [0, 0.05) is 20.0 Å². The van der Waals surface area contributed by atoms with Gasteiger partial charge >= 0.3 is 5.97 Å². The summed E-state index contributed by atoms with van der Waals surface area (Å²) in [6.45, 7) is 4.11. The largest absolute Gasteiger partial charge is 0.481 e. The molecule has 1 amide bonds. The number of likely N-dealkylation sites (tertiary alicyclic amines) is 1. The van der Waals surface area contributed by atoms with E-state index in [0.29, 0.717) is 31.8 Å². The van der Waals surface area contributed by atoms with Crippen molar-refractivity contribution in [1.29, 1.82) is 0 Å². The minimum atomic E-state index is -0.815. The van der Waals surface area contributed by atoms with Crippen molar-refractivity contribution in [2.45, 2.75) is 26.7 Å². The molecular formula is C11H15N3O4. The second kappa shape index (κ2) is 4.40. The van der Waals surface area contributed by atoms with E-state index < -0.39 is 11.4 Å². The molecule has 1 N–H and O–H groups in total. The summed E-state index contributed by atoms with van der Waals surface area (Å²) in [6.07, 6.45) is 0.871. The van der Waals surface area contributed by atoms with Crippen LogP contribution in [0.5, 0.6) is 0 Å². The van der Waals surface area contributed by atoms with E-state index >= 15 is 0 Å². The standard InChI is InChI=1S/C11H15N3O4/c1-7-12-8(13-18-7)9(15)14-5-3-11(2,4-6-14)10(16)17/h3-6H2,1-2H3,(H,16,17). The third kappa shape index (κ3) is 2.20. The summed E-state index contributed by atoms with van der Waals surface area (Å²) in [5.41, 5.74) is -0.746. The number of hydrogen-bond acceptors (Lipinski definition) is 5. The molecule has 1 aliphatic rings. The summed E-state index contributed by atoms with van der Waals surface area (Å²) < 4.78 is 4.75. The quantitative estimate of drug-likeness (QED) is 0.833. The first kappa shape index (κ1) is 12.5. The lowest BCUT2D eigenvalue weighted by atomic mass is 9.80. The molecule has 1 saturated heterocycles. The van der Waals surface area contributed by atoms with Crippen molar-refractivity contribution in [2.75, 3.05) is 13.1 Å². The molecule has 1 aromatic rings.